The van der Waals surface area contributed by atoms with Gasteiger partial charge >= 0.3 is 0 Å². The number of hydrogen-bond donors (Lipinski definition) is 1. The van der Waals surface area contributed by atoms with Gasteiger partial charge in [-0.15, -0.1) is 0 Å². The third-order valence-corrected chi connectivity index (χ3v) is 4.41. The van der Waals surface area contributed by atoms with Crippen LogP contribution in [0, 0.1) is 0 Å². The summed E-state index contributed by atoms with van der Waals surface area (Å²) in [6, 6.07) is 3.69. The number of allylic oxidation sites excluding steroid dienone is 1. The van der Waals surface area contributed by atoms with E-state index in [1.54, 1.807) is 14.2 Å². The van der Waals surface area contributed by atoms with E-state index in [1.165, 1.54) is 12.8 Å². The Hall–Kier alpha value is -1.00. The van der Waals surface area contributed by atoms with Crippen molar-refractivity contribution in [2.24, 2.45) is 0 Å². The molecule has 1 aliphatic rings. The minimum absolute atomic E-state index is 0.581. The number of aliphatic hydroxyl groups excluding tert-OH is 1. The van der Waals surface area contributed by atoms with Crippen molar-refractivity contribution < 1.29 is 14.6 Å². The van der Waals surface area contributed by atoms with Crippen LogP contribution in [0.25, 0.3) is 0 Å². The zero-order valence-corrected chi connectivity index (χ0v) is 13.6. The highest BCUT2D eigenvalue weighted by atomic mass is 79.9. The van der Waals surface area contributed by atoms with Gasteiger partial charge in [0.05, 0.1) is 14.2 Å². The van der Waals surface area contributed by atoms with E-state index < -0.39 is 6.10 Å². The number of rotatable bonds is 4. The van der Waals surface area contributed by atoms with Gasteiger partial charge in [-0.3, -0.25) is 0 Å². The second-order valence-corrected chi connectivity index (χ2v) is 5.86. The molecule has 110 valence electrons. The lowest BCUT2D eigenvalue weighted by Crippen LogP contribution is -2.04. The van der Waals surface area contributed by atoms with Crippen LogP contribution in [0.4, 0.5) is 0 Å². The van der Waals surface area contributed by atoms with Crippen LogP contribution in [0.3, 0.4) is 0 Å². The third kappa shape index (κ3) is 3.36. The third-order valence-electron chi connectivity index (χ3n) is 3.72. The van der Waals surface area contributed by atoms with E-state index in [4.69, 9.17) is 9.47 Å². The zero-order chi connectivity index (χ0) is 14.5. The summed E-state index contributed by atoms with van der Waals surface area (Å²) >= 11 is 3.52. The van der Waals surface area contributed by atoms with Crippen LogP contribution in [0.2, 0.25) is 0 Å². The van der Waals surface area contributed by atoms with E-state index >= 15 is 0 Å². The Bertz CT molecular complexity index is 497. The lowest BCUT2D eigenvalue weighted by Gasteiger charge is -2.18. The van der Waals surface area contributed by atoms with Crippen LogP contribution in [0.15, 0.2) is 28.3 Å². The van der Waals surface area contributed by atoms with Crippen LogP contribution < -0.4 is 9.47 Å². The fourth-order valence-corrected chi connectivity index (χ4v) is 3.11. The SMILES string of the molecule is COc1cc(Br)c(C(O)C2=CCCCCC2)cc1OC. The number of aliphatic hydroxyl groups is 1. The molecule has 0 spiro atoms. The molecular formula is C16H21BrO3. The zero-order valence-electron chi connectivity index (χ0n) is 12.0. The molecule has 1 unspecified atom stereocenters. The molecule has 1 aliphatic carbocycles. The second kappa shape index (κ2) is 7.14. The summed E-state index contributed by atoms with van der Waals surface area (Å²) in [6.07, 6.45) is 7.21. The molecule has 0 bridgehead atoms. The lowest BCUT2D eigenvalue weighted by molar-refractivity contribution is 0.209. The Kier molecular flexibility index (Phi) is 5.49. The van der Waals surface area contributed by atoms with Crippen molar-refractivity contribution in [2.45, 2.75) is 38.2 Å². The van der Waals surface area contributed by atoms with Gasteiger partial charge in [0.25, 0.3) is 0 Å². The fourth-order valence-electron chi connectivity index (χ4n) is 2.57. The fraction of sp³-hybridized carbons (Fsp3) is 0.500. The molecule has 0 fully saturated rings. The first-order valence-electron chi connectivity index (χ1n) is 6.95. The first-order valence-corrected chi connectivity index (χ1v) is 7.75. The van der Waals surface area contributed by atoms with Gasteiger partial charge in [0.1, 0.15) is 6.10 Å². The van der Waals surface area contributed by atoms with E-state index in [0.29, 0.717) is 11.5 Å². The molecule has 4 heteroatoms. The van der Waals surface area contributed by atoms with Crippen molar-refractivity contribution in [1.29, 1.82) is 0 Å². The van der Waals surface area contributed by atoms with Gasteiger partial charge in [-0.2, -0.15) is 0 Å². The van der Waals surface area contributed by atoms with Crippen LogP contribution in [-0.2, 0) is 0 Å². The Morgan fingerprint density at radius 2 is 1.80 bits per heavy atom. The van der Waals surface area contributed by atoms with Crippen molar-refractivity contribution in [3.05, 3.63) is 33.8 Å². The molecular weight excluding hydrogens is 320 g/mol. The van der Waals surface area contributed by atoms with Crippen LogP contribution in [0.5, 0.6) is 11.5 Å². The van der Waals surface area contributed by atoms with Crippen molar-refractivity contribution in [3.8, 4) is 11.5 Å². The molecule has 0 amide bonds. The maximum Gasteiger partial charge on any atom is 0.161 e. The summed E-state index contributed by atoms with van der Waals surface area (Å²) in [7, 11) is 3.21. The molecule has 1 atom stereocenters. The molecule has 0 radical (unpaired) electrons. The number of benzene rings is 1. The van der Waals surface area contributed by atoms with Gasteiger partial charge in [-0.1, -0.05) is 28.4 Å². The molecule has 0 heterocycles. The van der Waals surface area contributed by atoms with Crippen molar-refractivity contribution in [2.75, 3.05) is 14.2 Å². The highest BCUT2D eigenvalue weighted by Crippen LogP contribution is 2.39. The number of methoxy groups -OCH3 is 2. The monoisotopic (exact) mass is 340 g/mol. The standard InChI is InChI=1S/C16H21BrO3/c1-19-14-9-12(13(17)10-15(14)20-2)16(18)11-7-5-3-4-6-8-11/h7,9-10,16,18H,3-6,8H2,1-2H3. The van der Waals surface area contributed by atoms with Crippen LogP contribution in [0.1, 0.15) is 43.8 Å². The van der Waals surface area contributed by atoms with Gasteiger partial charge < -0.3 is 14.6 Å². The summed E-state index contributed by atoms with van der Waals surface area (Å²) in [5.41, 5.74) is 1.94. The average Bonchev–Trinajstić information content (AvgIpc) is 2.75. The smallest absolute Gasteiger partial charge is 0.161 e. The average molecular weight is 341 g/mol. The molecule has 0 aliphatic heterocycles. The lowest BCUT2D eigenvalue weighted by atomic mass is 9.97. The van der Waals surface area contributed by atoms with E-state index in [1.807, 2.05) is 12.1 Å². The molecule has 0 saturated heterocycles. The Labute approximate surface area is 128 Å². The second-order valence-electron chi connectivity index (χ2n) is 5.01. The van der Waals surface area contributed by atoms with Gasteiger partial charge in [-0.25, -0.2) is 0 Å². The van der Waals surface area contributed by atoms with E-state index in [9.17, 15) is 5.11 Å². The number of hydrogen-bond acceptors (Lipinski definition) is 3. The predicted molar refractivity (Wildman–Crippen MR) is 83.4 cm³/mol. The molecule has 2 rings (SSSR count). The molecule has 0 aromatic heterocycles. The van der Waals surface area contributed by atoms with Crippen molar-refractivity contribution in [1.82, 2.24) is 0 Å². The highest BCUT2D eigenvalue weighted by molar-refractivity contribution is 9.10. The summed E-state index contributed by atoms with van der Waals surface area (Å²) in [5, 5.41) is 10.6. The Morgan fingerprint density at radius 3 is 2.50 bits per heavy atom. The molecule has 3 nitrogen and oxygen atoms in total. The van der Waals surface area contributed by atoms with Crippen molar-refractivity contribution in [3.63, 3.8) is 0 Å². The maximum atomic E-state index is 10.6. The molecule has 1 aromatic rings. The first kappa shape index (κ1) is 15.4. The van der Waals surface area contributed by atoms with E-state index in [-0.39, 0.29) is 0 Å². The van der Waals surface area contributed by atoms with E-state index in [2.05, 4.69) is 22.0 Å². The summed E-state index contributed by atoms with van der Waals surface area (Å²) < 4.78 is 11.4. The van der Waals surface area contributed by atoms with Crippen LogP contribution >= 0.6 is 15.9 Å². The van der Waals surface area contributed by atoms with Gasteiger partial charge in [0.15, 0.2) is 11.5 Å². The van der Waals surface area contributed by atoms with Gasteiger partial charge in [0, 0.05) is 10.0 Å². The molecule has 1 aromatic carbocycles. The minimum Gasteiger partial charge on any atom is -0.493 e. The van der Waals surface area contributed by atoms with Gasteiger partial charge in [0.2, 0.25) is 0 Å². The van der Waals surface area contributed by atoms with Crippen LogP contribution in [-0.4, -0.2) is 19.3 Å². The quantitative estimate of drug-likeness (QED) is 0.826. The Balaban J connectivity index is 2.33. The first-order chi connectivity index (χ1) is 9.67. The molecule has 20 heavy (non-hydrogen) atoms. The Morgan fingerprint density at radius 1 is 1.10 bits per heavy atom. The largest absolute Gasteiger partial charge is 0.493 e. The molecule has 0 saturated carbocycles. The number of halogens is 1. The molecule has 1 N–H and O–H groups in total. The summed E-state index contributed by atoms with van der Waals surface area (Å²) in [4.78, 5) is 0. The predicted octanol–water partition coefficient (Wildman–Crippen LogP) is 4.39. The minimum atomic E-state index is -0.581. The van der Waals surface area contributed by atoms with Crippen molar-refractivity contribution >= 4 is 15.9 Å². The normalized spacial score (nSPS) is 17.1. The summed E-state index contributed by atoms with van der Waals surface area (Å²) in [5.74, 6) is 1.30. The number of ether oxygens (including phenoxy) is 2. The van der Waals surface area contributed by atoms with Gasteiger partial charge in [-0.05, 0) is 43.4 Å². The maximum absolute atomic E-state index is 10.6. The van der Waals surface area contributed by atoms with E-state index in [0.717, 1.165) is 34.9 Å². The summed E-state index contributed by atoms with van der Waals surface area (Å²) in [6.45, 7) is 0. The highest BCUT2D eigenvalue weighted by Gasteiger charge is 2.20. The topological polar surface area (TPSA) is 38.7 Å².